The monoisotopic (exact) mass is 623 g/mol. The molecule has 8 aromatic carbocycles. The molecule has 10 rings (SSSR count). The van der Waals surface area contributed by atoms with Gasteiger partial charge in [0, 0.05) is 28.0 Å². The van der Waals surface area contributed by atoms with Gasteiger partial charge in [-0.05, 0) is 61.6 Å². The molecular formula is C46H29N3. The zero-order chi connectivity index (χ0) is 32.3. The summed E-state index contributed by atoms with van der Waals surface area (Å²) in [6.45, 7) is 0. The van der Waals surface area contributed by atoms with Crippen molar-refractivity contribution in [3.05, 3.63) is 176 Å². The molecule has 0 fully saturated rings. The Balaban J connectivity index is 1.12. The fourth-order valence-electron chi connectivity index (χ4n) is 7.50. The number of nitrogens with zero attached hydrogens (tertiary/aromatic N) is 3. The summed E-state index contributed by atoms with van der Waals surface area (Å²) in [4.78, 5) is 10.4. The Kier molecular flexibility index (Phi) is 6.18. The van der Waals surface area contributed by atoms with Gasteiger partial charge in [0.15, 0.2) is 5.82 Å². The van der Waals surface area contributed by atoms with Crippen molar-refractivity contribution in [1.29, 1.82) is 0 Å². The summed E-state index contributed by atoms with van der Waals surface area (Å²) in [7, 11) is 0. The van der Waals surface area contributed by atoms with Crippen molar-refractivity contribution in [3.63, 3.8) is 0 Å². The lowest BCUT2D eigenvalue weighted by Crippen LogP contribution is -2.02. The van der Waals surface area contributed by atoms with E-state index in [0.29, 0.717) is 5.82 Å². The minimum atomic E-state index is 0.695. The topological polar surface area (TPSA) is 30.7 Å². The molecule has 0 N–H and O–H groups in total. The summed E-state index contributed by atoms with van der Waals surface area (Å²) in [5.74, 6) is 1.54. The van der Waals surface area contributed by atoms with Crippen LogP contribution in [0, 0.1) is 0 Å². The lowest BCUT2D eigenvalue weighted by atomic mass is 9.92. The third-order valence-corrected chi connectivity index (χ3v) is 9.81. The van der Waals surface area contributed by atoms with E-state index < -0.39 is 0 Å². The highest BCUT2D eigenvalue weighted by Crippen LogP contribution is 2.38. The predicted octanol–water partition coefficient (Wildman–Crippen LogP) is 12.0. The van der Waals surface area contributed by atoms with Gasteiger partial charge in [-0.1, -0.05) is 152 Å². The van der Waals surface area contributed by atoms with Crippen molar-refractivity contribution in [3.8, 4) is 39.6 Å². The van der Waals surface area contributed by atoms with Crippen LogP contribution in [0.15, 0.2) is 176 Å². The Morgan fingerprint density at radius 3 is 1.39 bits per heavy atom. The van der Waals surface area contributed by atoms with Gasteiger partial charge in [-0.3, -0.25) is 4.57 Å². The first-order chi connectivity index (χ1) is 24.3. The van der Waals surface area contributed by atoms with Crippen molar-refractivity contribution in [2.45, 2.75) is 0 Å². The van der Waals surface area contributed by atoms with Gasteiger partial charge in [0.2, 0.25) is 0 Å². The maximum Gasteiger partial charge on any atom is 0.162 e. The number of para-hydroxylation sites is 2. The van der Waals surface area contributed by atoms with Crippen molar-refractivity contribution in [2.75, 3.05) is 0 Å². The summed E-state index contributed by atoms with van der Waals surface area (Å²) in [5, 5.41) is 10.1. The third kappa shape index (κ3) is 4.44. The maximum atomic E-state index is 5.23. The lowest BCUT2D eigenvalue weighted by molar-refractivity contribution is 1.05. The van der Waals surface area contributed by atoms with Crippen molar-refractivity contribution < 1.29 is 0 Å². The third-order valence-electron chi connectivity index (χ3n) is 9.81. The molecule has 10 aromatic rings. The van der Waals surface area contributed by atoms with Crippen LogP contribution < -0.4 is 0 Å². The molecule has 0 aliphatic rings. The van der Waals surface area contributed by atoms with Crippen LogP contribution in [-0.2, 0) is 0 Å². The van der Waals surface area contributed by atoms with E-state index in [4.69, 9.17) is 9.97 Å². The van der Waals surface area contributed by atoms with Crippen LogP contribution in [0.2, 0.25) is 0 Å². The zero-order valence-electron chi connectivity index (χ0n) is 26.6. The SMILES string of the molecule is c1ccc(-c2cc(-n3c4ccccc4c4ccccc43)nc(-c3ccc(-c4ccc5c6ccccc6c6ccccc6c5c4)cc3)n2)cc1. The molecule has 0 amide bonds. The molecule has 2 heterocycles. The molecule has 0 atom stereocenters. The number of hydrogen-bond donors (Lipinski definition) is 0. The highest BCUT2D eigenvalue weighted by Gasteiger charge is 2.16. The van der Waals surface area contributed by atoms with Gasteiger partial charge >= 0.3 is 0 Å². The molecule has 0 saturated heterocycles. The van der Waals surface area contributed by atoms with Crippen LogP contribution in [0.5, 0.6) is 0 Å². The van der Waals surface area contributed by atoms with Gasteiger partial charge in [0.25, 0.3) is 0 Å². The summed E-state index contributed by atoms with van der Waals surface area (Å²) in [6.07, 6.45) is 0. The Morgan fingerprint density at radius 1 is 0.306 bits per heavy atom. The first kappa shape index (κ1) is 27.5. The highest BCUT2D eigenvalue weighted by molar-refractivity contribution is 6.25. The molecule has 49 heavy (non-hydrogen) atoms. The molecule has 0 saturated carbocycles. The number of hydrogen-bond acceptors (Lipinski definition) is 2. The van der Waals surface area contributed by atoms with E-state index in [9.17, 15) is 0 Å². The summed E-state index contributed by atoms with van der Waals surface area (Å²) in [5.41, 5.74) is 7.51. The first-order valence-electron chi connectivity index (χ1n) is 16.7. The molecular weight excluding hydrogens is 595 g/mol. The average molecular weight is 624 g/mol. The van der Waals surface area contributed by atoms with Crippen molar-refractivity contribution in [2.24, 2.45) is 0 Å². The Morgan fingerprint density at radius 2 is 0.776 bits per heavy atom. The molecule has 0 unspecified atom stereocenters. The Hall–Kier alpha value is -6.58. The quantitative estimate of drug-likeness (QED) is 0.183. The van der Waals surface area contributed by atoms with Crippen molar-refractivity contribution in [1.82, 2.24) is 14.5 Å². The first-order valence-corrected chi connectivity index (χ1v) is 16.7. The van der Waals surface area contributed by atoms with Gasteiger partial charge in [-0.25, -0.2) is 9.97 Å². The molecule has 0 radical (unpaired) electrons. The molecule has 0 bridgehead atoms. The van der Waals surface area contributed by atoms with Gasteiger partial charge in [0.1, 0.15) is 5.82 Å². The van der Waals surface area contributed by atoms with E-state index in [1.807, 2.05) is 6.07 Å². The van der Waals surface area contributed by atoms with E-state index in [2.05, 4.69) is 174 Å². The second kappa shape index (κ2) is 11.0. The minimum absolute atomic E-state index is 0.695. The fourth-order valence-corrected chi connectivity index (χ4v) is 7.50. The normalized spacial score (nSPS) is 11.7. The van der Waals surface area contributed by atoms with Crippen LogP contribution >= 0.6 is 0 Å². The van der Waals surface area contributed by atoms with Crippen LogP contribution in [0.4, 0.5) is 0 Å². The summed E-state index contributed by atoms with van der Waals surface area (Å²) in [6, 6.07) is 62.6. The van der Waals surface area contributed by atoms with E-state index >= 15 is 0 Å². The smallest absolute Gasteiger partial charge is 0.162 e. The van der Waals surface area contributed by atoms with Crippen molar-refractivity contribution >= 4 is 54.1 Å². The van der Waals surface area contributed by atoms with Gasteiger partial charge in [-0.15, -0.1) is 0 Å². The molecule has 0 aliphatic carbocycles. The van der Waals surface area contributed by atoms with Gasteiger partial charge < -0.3 is 0 Å². The van der Waals surface area contributed by atoms with E-state index in [-0.39, 0.29) is 0 Å². The molecule has 0 aliphatic heterocycles. The molecule has 3 nitrogen and oxygen atoms in total. The fraction of sp³-hybridized carbons (Fsp3) is 0. The van der Waals surface area contributed by atoms with E-state index in [1.165, 1.54) is 48.7 Å². The summed E-state index contributed by atoms with van der Waals surface area (Å²) < 4.78 is 2.26. The van der Waals surface area contributed by atoms with Gasteiger partial charge in [0.05, 0.1) is 16.7 Å². The number of aromatic nitrogens is 3. The Labute approximate surface area is 283 Å². The lowest BCUT2D eigenvalue weighted by Gasteiger charge is -2.13. The zero-order valence-corrected chi connectivity index (χ0v) is 26.6. The number of fused-ring (bicyclic) bond motifs is 9. The molecule has 228 valence electrons. The number of benzene rings is 8. The van der Waals surface area contributed by atoms with E-state index in [0.717, 1.165) is 39.2 Å². The second-order valence-electron chi connectivity index (χ2n) is 12.6. The maximum absolute atomic E-state index is 5.23. The minimum Gasteiger partial charge on any atom is -0.294 e. The largest absolute Gasteiger partial charge is 0.294 e. The van der Waals surface area contributed by atoms with Crippen LogP contribution in [-0.4, -0.2) is 14.5 Å². The molecule has 2 aromatic heterocycles. The standard InChI is InChI=1S/C46H29N3/c1-2-12-31(13-3-1)42-29-45(49-43-20-10-8-18-39(43)40-19-9-11-21-44(40)49)48-46(47-42)32-24-22-30(23-25-32)33-26-27-38-36-16-5-4-14-34(36)35-15-6-7-17-37(35)41(38)28-33/h1-29H. The molecule has 3 heteroatoms. The van der Waals surface area contributed by atoms with Gasteiger partial charge in [-0.2, -0.15) is 0 Å². The van der Waals surface area contributed by atoms with Crippen LogP contribution in [0.25, 0.3) is 93.7 Å². The number of rotatable bonds is 4. The Bertz CT molecular complexity index is 2780. The van der Waals surface area contributed by atoms with Crippen LogP contribution in [0.3, 0.4) is 0 Å². The molecule has 0 spiro atoms. The highest BCUT2D eigenvalue weighted by atomic mass is 15.1. The predicted molar refractivity (Wildman–Crippen MR) is 205 cm³/mol. The second-order valence-corrected chi connectivity index (χ2v) is 12.6. The van der Waals surface area contributed by atoms with Crippen LogP contribution in [0.1, 0.15) is 0 Å². The summed E-state index contributed by atoms with van der Waals surface area (Å²) >= 11 is 0. The average Bonchev–Trinajstić information content (AvgIpc) is 3.52. The van der Waals surface area contributed by atoms with E-state index in [1.54, 1.807) is 0 Å².